The van der Waals surface area contributed by atoms with E-state index in [1.807, 2.05) is 16.5 Å². The van der Waals surface area contributed by atoms with Gasteiger partial charge < -0.3 is 14.2 Å². The van der Waals surface area contributed by atoms with E-state index >= 15 is 4.39 Å². The second-order valence-electron chi connectivity index (χ2n) is 11.8. The molecular weight excluding hydrogens is 602 g/mol. The molecule has 1 aliphatic heterocycles. The van der Waals surface area contributed by atoms with Crippen molar-refractivity contribution in [2.45, 2.75) is 76.3 Å². The van der Waals surface area contributed by atoms with Crippen LogP contribution in [0.25, 0.3) is 11.3 Å². The fourth-order valence-corrected chi connectivity index (χ4v) is 7.51. The Labute approximate surface area is 252 Å². The number of hydrogen-bond donors (Lipinski definition) is 1. The zero-order chi connectivity index (χ0) is 31.2. The smallest absolute Gasteiger partial charge is 0.373 e. The number of amides is 1. The van der Waals surface area contributed by atoms with Gasteiger partial charge in [0.2, 0.25) is 10.0 Å². The van der Waals surface area contributed by atoms with Crippen molar-refractivity contribution in [3.05, 3.63) is 70.7 Å². The Morgan fingerprint density at radius 3 is 2.59 bits per heavy atom. The molecule has 1 amide bonds. The van der Waals surface area contributed by atoms with Crippen molar-refractivity contribution >= 4 is 21.6 Å². The van der Waals surface area contributed by atoms with Crippen LogP contribution in [0.15, 0.2) is 47.0 Å². The molecule has 3 fully saturated rings. The number of fused-ring (bicyclic) bond motifs is 2. The zero-order valence-electron chi connectivity index (χ0n) is 24.1. The Morgan fingerprint density at radius 1 is 1.16 bits per heavy atom. The van der Waals surface area contributed by atoms with Gasteiger partial charge >= 0.3 is 6.18 Å². The van der Waals surface area contributed by atoms with Crippen molar-refractivity contribution in [2.24, 2.45) is 5.92 Å². The first-order valence-electron chi connectivity index (χ1n) is 14.8. The number of anilines is 1. The van der Waals surface area contributed by atoms with E-state index < -0.39 is 33.5 Å². The summed E-state index contributed by atoms with van der Waals surface area (Å²) in [6.07, 6.45) is -0.548. The van der Waals surface area contributed by atoms with Crippen LogP contribution in [0.2, 0.25) is 0 Å². The quantitative estimate of drug-likeness (QED) is 0.243. The number of ether oxygens (including phenoxy) is 1. The molecule has 1 saturated heterocycles. The molecule has 2 bridgehead atoms. The number of carbonyl (C=O) groups excluding carboxylic acids is 1. The molecule has 0 spiro atoms. The summed E-state index contributed by atoms with van der Waals surface area (Å²) in [5.41, 5.74) is 0.104. The van der Waals surface area contributed by atoms with Crippen LogP contribution < -0.4 is 9.62 Å². The third-order valence-electron chi connectivity index (χ3n) is 8.71. The lowest BCUT2D eigenvalue weighted by Gasteiger charge is -2.33. The van der Waals surface area contributed by atoms with Gasteiger partial charge in [-0.2, -0.15) is 13.2 Å². The van der Waals surface area contributed by atoms with E-state index in [2.05, 4.69) is 5.16 Å². The Balaban J connectivity index is 1.13. The minimum atomic E-state index is -4.55. The normalized spacial score (nSPS) is 21.7. The number of halogens is 4. The standard InChI is InChI=1S/C31H33F4N3O5S/c1-2-3-12-44(40,41)37-30(39)19-10-11-26(25(32)14-19)38-16-20-13-21(38)15-27(20)42-17-23-28(36-43-29(23)18-8-9-18)22-6-4-5-7-24(22)31(33,34)35/h4-7,10-11,14,18,20-21,27H,2-3,8-9,12-13,15-17H2,1H3,(H,37,39)/t20-,21-,27+/m0/s1. The number of aromatic nitrogens is 1. The first-order chi connectivity index (χ1) is 20.9. The third-order valence-corrected chi connectivity index (χ3v) is 10.0. The number of piperidine rings is 1. The number of hydrogen-bond acceptors (Lipinski definition) is 7. The van der Waals surface area contributed by atoms with Gasteiger partial charge in [-0.25, -0.2) is 17.5 Å². The summed E-state index contributed by atoms with van der Waals surface area (Å²) in [7, 11) is -3.80. The van der Waals surface area contributed by atoms with Gasteiger partial charge in [-0.05, 0) is 56.4 Å². The Kier molecular flexibility index (Phi) is 8.20. The molecule has 6 rings (SSSR count). The molecule has 2 heterocycles. The lowest BCUT2D eigenvalue weighted by atomic mass is 9.99. The van der Waals surface area contributed by atoms with Gasteiger partial charge in [0, 0.05) is 41.1 Å². The van der Waals surface area contributed by atoms with E-state index in [9.17, 15) is 26.4 Å². The molecule has 13 heteroatoms. The van der Waals surface area contributed by atoms with Crippen LogP contribution in [-0.4, -0.2) is 43.9 Å². The van der Waals surface area contributed by atoms with E-state index in [1.165, 1.54) is 24.3 Å². The molecule has 1 aromatic heterocycles. The Morgan fingerprint density at radius 2 is 1.93 bits per heavy atom. The predicted molar refractivity (Wildman–Crippen MR) is 154 cm³/mol. The first-order valence-corrected chi connectivity index (χ1v) is 16.5. The lowest BCUT2D eigenvalue weighted by molar-refractivity contribution is -0.137. The number of nitrogens with one attached hydrogen (secondary N) is 1. The fraction of sp³-hybridized carbons (Fsp3) is 0.484. The highest BCUT2D eigenvalue weighted by Gasteiger charge is 2.46. The maximum absolute atomic E-state index is 15.2. The Bertz CT molecular complexity index is 1650. The number of carbonyl (C=O) groups is 1. The number of alkyl halides is 3. The lowest BCUT2D eigenvalue weighted by Crippen LogP contribution is -2.39. The summed E-state index contributed by atoms with van der Waals surface area (Å²) < 4.78 is 94.6. The summed E-state index contributed by atoms with van der Waals surface area (Å²) in [5, 5.41) is 4.06. The summed E-state index contributed by atoms with van der Waals surface area (Å²) in [6.45, 7) is 2.40. The van der Waals surface area contributed by atoms with Crippen molar-refractivity contribution in [1.29, 1.82) is 0 Å². The van der Waals surface area contributed by atoms with E-state index in [0.29, 0.717) is 42.8 Å². The second-order valence-corrected chi connectivity index (χ2v) is 13.7. The van der Waals surface area contributed by atoms with Gasteiger partial charge in [-0.3, -0.25) is 4.79 Å². The van der Waals surface area contributed by atoms with Crippen molar-refractivity contribution in [3.8, 4) is 11.3 Å². The van der Waals surface area contributed by atoms with Crippen molar-refractivity contribution in [1.82, 2.24) is 9.88 Å². The molecule has 8 nitrogen and oxygen atoms in total. The zero-order valence-corrected chi connectivity index (χ0v) is 24.9. The van der Waals surface area contributed by atoms with Gasteiger partial charge in [0.15, 0.2) is 0 Å². The van der Waals surface area contributed by atoms with E-state index in [-0.39, 0.29) is 53.2 Å². The number of sulfonamides is 1. The van der Waals surface area contributed by atoms with Crippen molar-refractivity contribution < 1.29 is 40.0 Å². The molecule has 2 aliphatic carbocycles. The van der Waals surface area contributed by atoms with E-state index in [1.54, 1.807) is 6.07 Å². The van der Waals surface area contributed by atoms with Gasteiger partial charge in [0.1, 0.15) is 17.3 Å². The fourth-order valence-electron chi connectivity index (χ4n) is 6.34. The van der Waals surface area contributed by atoms with Crippen LogP contribution >= 0.6 is 0 Å². The summed E-state index contributed by atoms with van der Waals surface area (Å²) in [6, 6.07) is 9.23. The van der Waals surface area contributed by atoms with Crippen molar-refractivity contribution in [2.75, 3.05) is 17.2 Å². The van der Waals surface area contributed by atoms with Crippen molar-refractivity contribution in [3.63, 3.8) is 0 Å². The van der Waals surface area contributed by atoms with Crippen LogP contribution in [0.5, 0.6) is 0 Å². The summed E-state index contributed by atoms with van der Waals surface area (Å²) in [4.78, 5) is 14.4. The van der Waals surface area contributed by atoms with Crippen LogP contribution in [0.4, 0.5) is 23.2 Å². The van der Waals surface area contributed by atoms with Crippen LogP contribution in [0.3, 0.4) is 0 Å². The van der Waals surface area contributed by atoms with Gasteiger partial charge in [0.25, 0.3) is 5.91 Å². The molecule has 0 radical (unpaired) electrons. The number of rotatable bonds is 11. The number of unbranched alkanes of at least 4 members (excludes halogenated alkanes) is 1. The molecule has 0 unspecified atom stereocenters. The second kappa shape index (κ2) is 11.8. The minimum absolute atomic E-state index is 0.0237. The third kappa shape index (κ3) is 6.21. The Hall–Kier alpha value is -3.45. The topological polar surface area (TPSA) is 102 Å². The van der Waals surface area contributed by atoms with Gasteiger partial charge in [-0.15, -0.1) is 0 Å². The van der Waals surface area contributed by atoms with Crippen LogP contribution in [0.1, 0.15) is 78.6 Å². The minimum Gasteiger partial charge on any atom is -0.373 e. The molecule has 44 heavy (non-hydrogen) atoms. The highest BCUT2D eigenvalue weighted by atomic mass is 32.2. The first kappa shape index (κ1) is 30.6. The SMILES string of the molecule is CCCCS(=O)(=O)NC(=O)c1ccc(N2C[C@@H]3C[C@H]2C[C@H]3OCc2c(-c3ccccc3C(F)(F)F)noc2C2CC2)c(F)c1. The van der Waals surface area contributed by atoms with Crippen LogP contribution in [0, 0.1) is 11.7 Å². The monoisotopic (exact) mass is 635 g/mol. The van der Waals surface area contributed by atoms with E-state index in [0.717, 1.165) is 31.4 Å². The average molecular weight is 636 g/mol. The molecular formula is C31H33F4N3O5S. The maximum atomic E-state index is 15.2. The highest BCUT2D eigenvalue weighted by Crippen LogP contribution is 2.47. The summed E-state index contributed by atoms with van der Waals surface area (Å²) >= 11 is 0. The number of benzene rings is 2. The average Bonchev–Trinajstić information content (AvgIpc) is 3.42. The highest BCUT2D eigenvalue weighted by molar-refractivity contribution is 7.90. The van der Waals surface area contributed by atoms with Gasteiger partial charge in [-0.1, -0.05) is 36.7 Å². The molecule has 3 aliphatic rings. The number of nitrogens with zero attached hydrogens (tertiary/aromatic N) is 2. The summed E-state index contributed by atoms with van der Waals surface area (Å²) in [5.74, 6) is -0.920. The largest absolute Gasteiger partial charge is 0.417 e. The molecule has 3 atom stereocenters. The molecule has 2 aromatic carbocycles. The van der Waals surface area contributed by atoms with Crippen LogP contribution in [-0.2, 0) is 27.5 Å². The van der Waals surface area contributed by atoms with E-state index in [4.69, 9.17) is 9.26 Å². The molecule has 236 valence electrons. The molecule has 3 aromatic rings. The molecule has 2 saturated carbocycles. The molecule has 1 N–H and O–H groups in total. The maximum Gasteiger partial charge on any atom is 0.417 e. The predicted octanol–water partition coefficient (Wildman–Crippen LogP) is 6.42. The van der Waals surface area contributed by atoms with Gasteiger partial charge in [0.05, 0.1) is 29.7 Å².